The molecule has 0 aliphatic heterocycles. The van der Waals surface area contributed by atoms with Crippen molar-refractivity contribution in [2.75, 3.05) is 5.32 Å². The van der Waals surface area contributed by atoms with Gasteiger partial charge < -0.3 is 5.32 Å². The third kappa shape index (κ3) is 5.61. The molecule has 0 radical (unpaired) electrons. The van der Waals surface area contributed by atoms with Crippen LogP contribution >= 0.6 is 15.9 Å². The van der Waals surface area contributed by atoms with Gasteiger partial charge in [-0.3, -0.25) is 9.59 Å². The molecule has 0 spiro atoms. The van der Waals surface area contributed by atoms with Gasteiger partial charge in [-0.25, -0.2) is 10.1 Å². The highest BCUT2D eigenvalue weighted by atomic mass is 79.9. The minimum Gasteiger partial charge on any atom is -0.318 e. The molecule has 0 unspecified atom stereocenters. The number of benzene rings is 3. The van der Waals surface area contributed by atoms with E-state index in [1.54, 1.807) is 22.9 Å². The van der Waals surface area contributed by atoms with Gasteiger partial charge in [0.1, 0.15) is 5.69 Å². The molecular formula is C25H20BrN5O2. The summed E-state index contributed by atoms with van der Waals surface area (Å²) in [4.78, 5) is 24.3. The van der Waals surface area contributed by atoms with Crippen molar-refractivity contribution >= 4 is 39.6 Å². The van der Waals surface area contributed by atoms with E-state index in [1.165, 1.54) is 6.21 Å². The standard InChI is InChI=1S/C25H20BrN5O2/c1-17-6-5-7-21(14-17)28-24(32)25(33)29-27-15-19-16-31(22-8-3-2-4-9-22)30-23(19)18-10-12-20(26)13-11-18/h2-16H,1H3,(H,28,32)(H,29,33)/b27-15-. The Morgan fingerprint density at radius 1 is 0.970 bits per heavy atom. The summed E-state index contributed by atoms with van der Waals surface area (Å²) in [6.45, 7) is 1.90. The number of hydrazone groups is 1. The van der Waals surface area contributed by atoms with E-state index in [-0.39, 0.29) is 0 Å². The smallest absolute Gasteiger partial charge is 0.318 e. The maximum atomic E-state index is 12.2. The number of halogens is 1. The van der Waals surface area contributed by atoms with Crippen LogP contribution in [0.3, 0.4) is 0 Å². The van der Waals surface area contributed by atoms with Crippen molar-refractivity contribution in [3.63, 3.8) is 0 Å². The first-order valence-electron chi connectivity index (χ1n) is 10.1. The predicted molar refractivity (Wildman–Crippen MR) is 132 cm³/mol. The molecule has 0 bridgehead atoms. The lowest BCUT2D eigenvalue weighted by atomic mass is 10.1. The number of anilines is 1. The van der Waals surface area contributed by atoms with E-state index in [1.807, 2.05) is 73.8 Å². The van der Waals surface area contributed by atoms with E-state index in [9.17, 15) is 9.59 Å². The van der Waals surface area contributed by atoms with Crippen LogP contribution < -0.4 is 10.7 Å². The maximum Gasteiger partial charge on any atom is 0.329 e. The number of aryl methyl sites for hydroxylation is 1. The van der Waals surface area contributed by atoms with E-state index in [0.717, 1.165) is 21.3 Å². The molecule has 0 saturated heterocycles. The minimum atomic E-state index is -0.867. The van der Waals surface area contributed by atoms with Crippen LogP contribution in [0.5, 0.6) is 0 Å². The molecule has 0 fully saturated rings. The maximum absolute atomic E-state index is 12.2. The zero-order valence-corrected chi connectivity index (χ0v) is 19.3. The van der Waals surface area contributed by atoms with Gasteiger partial charge in [0.25, 0.3) is 0 Å². The second-order valence-electron chi connectivity index (χ2n) is 7.24. The van der Waals surface area contributed by atoms with Gasteiger partial charge in [-0.15, -0.1) is 0 Å². The molecule has 7 nitrogen and oxygen atoms in total. The third-order valence-corrected chi connectivity index (χ3v) is 5.26. The van der Waals surface area contributed by atoms with Gasteiger partial charge in [-0.05, 0) is 48.9 Å². The molecule has 0 aliphatic rings. The van der Waals surface area contributed by atoms with Crippen LogP contribution in [0, 0.1) is 6.92 Å². The van der Waals surface area contributed by atoms with Gasteiger partial charge in [0.05, 0.1) is 11.9 Å². The van der Waals surface area contributed by atoms with Gasteiger partial charge >= 0.3 is 11.8 Å². The van der Waals surface area contributed by atoms with Crippen LogP contribution in [-0.2, 0) is 9.59 Å². The fraction of sp³-hybridized carbons (Fsp3) is 0.0400. The lowest BCUT2D eigenvalue weighted by molar-refractivity contribution is -0.136. The Morgan fingerprint density at radius 2 is 1.73 bits per heavy atom. The first kappa shape index (κ1) is 22.2. The summed E-state index contributed by atoms with van der Waals surface area (Å²) in [6, 6.07) is 24.6. The Hall–Kier alpha value is -4.04. The molecule has 2 N–H and O–H groups in total. The van der Waals surface area contributed by atoms with Gasteiger partial charge in [0.15, 0.2) is 0 Å². The molecule has 8 heteroatoms. The zero-order valence-electron chi connectivity index (χ0n) is 17.7. The molecule has 1 aromatic heterocycles. The molecule has 1 heterocycles. The first-order valence-corrected chi connectivity index (χ1v) is 10.9. The second-order valence-corrected chi connectivity index (χ2v) is 8.16. The molecule has 0 saturated carbocycles. The topological polar surface area (TPSA) is 88.4 Å². The molecule has 3 aromatic carbocycles. The number of amides is 2. The summed E-state index contributed by atoms with van der Waals surface area (Å²) in [7, 11) is 0. The normalized spacial score (nSPS) is 10.8. The number of aromatic nitrogens is 2. The zero-order chi connectivity index (χ0) is 23.2. The number of carbonyl (C=O) groups is 2. The second kappa shape index (κ2) is 10.1. The summed E-state index contributed by atoms with van der Waals surface area (Å²) in [5.74, 6) is -1.67. The Morgan fingerprint density at radius 3 is 2.45 bits per heavy atom. The van der Waals surface area contributed by atoms with E-state index in [4.69, 9.17) is 5.10 Å². The van der Waals surface area contributed by atoms with E-state index in [2.05, 4.69) is 31.8 Å². The third-order valence-electron chi connectivity index (χ3n) is 4.73. The van der Waals surface area contributed by atoms with Crippen molar-refractivity contribution in [3.05, 3.63) is 101 Å². The molecule has 2 amide bonds. The van der Waals surface area contributed by atoms with Gasteiger partial charge in [0, 0.05) is 27.5 Å². The molecule has 4 aromatic rings. The molecule has 164 valence electrons. The number of para-hydroxylation sites is 1. The Bertz CT molecular complexity index is 1310. The monoisotopic (exact) mass is 501 g/mol. The van der Waals surface area contributed by atoms with Crippen LogP contribution in [0.15, 0.2) is 94.6 Å². The van der Waals surface area contributed by atoms with Crippen LogP contribution in [0.25, 0.3) is 16.9 Å². The number of carbonyl (C=O) groups excluding carboxylic acids is 2. The molecule has 0 aliphatic carbocycles. The average Bonchev–Trinajstić information content (AvgIpc) is 3.24. The van der Waals surface area contributed by atoms with Crippen molar-refractivity contribution in [2.24, 2.45) is 5.10 Å². The lowest BCUT2D eigenvalue weighted by Gasteiger charge is -2.04. The molecule has 4 rings (SSSR count). The van der Waals surface area contributed by atoms with Crippen molar-refractivity contribution in [1.29, 1.82) is 0 Å². The largest absolute Gasteiger partial charge is 0.329 e. The summed E-state index contributed by atoms with van der Waals surface area (Å²) in [6.07, 6.45) is 3.29. The lowest BCUT2D eigenvalue weighted by Crippen LogP contribution is -2.32. The van der Waals surface area contributed by atoms with Crippen molar-refractivity contribution < 1.29 is 9.59 Å². The van der Waals surface area contributed by atoms with Crippen LogP contribution in [-0.4, -0.2) is 27.8 Å². The Kier molecular flexibility index (Phi) is 6.75. The number of hydrogen-bond donors (Lipinski definition) is 2. The van der Waals surface area contributed by atoms with E-state index < -0.39 is 11.8 Å². The predicted octanol–water partition coefficient (Wildman–Crippen LogP) is 4.70. The average molecular weight is 502 g/mol. The van der Waals surface area contributed by atoms with Crippen molar-refractivity contribution in [2.45, 2.75) is 6.92 Å². The van der Waals surface area contributed by atoms with Crippen molar-refractivity contribution in [3.8, 4) is 16.9 Å². The van der Waals surface area contributed by atoms with Gasteiger partial charge in [-0.1, -0.05) is 58.4 Å². The van der Waals surface area contributed by atoms with Crippen molar-refractivity contribution in [1.82, 2.24) is 15.2 Å². The number of nitrogens with one attached hydrogen (secondary N) is 2. The van der Waals surface area contributed by atoms with Crippen LogP contribution in [0.1, 0.15) is 11.1 Å². The van der Waals surface area contributed by atoms with E-state index >= 15 is 0 Å². The Balaban J connectivity index is 1.53. The molecule has 33 heavy (non-hydrogen) atoms. The van der Waals surface area contributed by atoms with Gasteiger partial charge in [0.2, 0.25) is 0 Å². The number of nitrogens with zero attached hydrogens (tertiary/aromatic N) is 3. The quantitative estimate of drug-likeness (QED) is 0.236. The summed E-state index contributed by atoms with van der Waals surface area (Å²) in [5.41, 5.74) is 6.94. The Labute approximate surface area is 199 Å². The van der Waals surface area contributed by atoms with Gasteiger partial charge in [-0.2, -0.15) is 10.2 Å². The van der Waals surface area contributed by atoms with Crippen LogP contribution in [0.4, 0.5) is 5.69 Å². The summed E-state index contributed by atoms with van der Waals surface area (Å²) >= 11 is 3.44. The fourth-order valence-electron chi connectivity index (χ4n) is 3.15. The summed E-state index contributed by atoms with van der Waals surface area (Å²) < 4.78 is 2.70. The molecular weight excluding hydrogens is 482 g/mol. The molecule has 0 atom stereocenters. The first-order chi connectivity index (χ1) is 16.0. The minimum absolute atomic E-state index is 0.542. The number of hydrogen-bond acceptors (Lipinski definition) is 4. The SMILES string of the molecule is Cc1cccc(NC(=O)C(=O)N/N=C\c2cn(-c3ccccc3)nc2-c2ccc(Br)cc2)c1. The van der Waals surface area contributed by atoms with Crippen LogP contribution in [0.2, 0.25) is 0 Å². The number of rotatable bonds is 5. The fourth-order valence-corrected chi connectivity index (χ4v) is 3.41. The summed E-state index contributed by atoms with van der Waals surface area (Å²) in [5, 5.41) is 11.2. The van der Waals surface area contributed by atoms with E-state index in [0.29, 0.717) is 16.9 Å². The highest BCUT2D eigenvalue weighted by molar-refractivity contribution is 9.10. The highest BCUT2D eigenvalue weighted by Gasteiger charge is 2.14. The highest BCUT2D eigenvalue weighted by Crippen LogP contribution is 2.24.